The number of hydrogen-bond donors (Lipinski definition) is 4. The van der Waals surface area contributed by atoms with Crippen molar-refractivity contribution in [1.29, 1.82) is 0 Å². The summed E-state index contributed by atoms with van der Waals surface area (Å²) in [4.78, 5) is 12.2. The Morgan fingerprint density at radius 1 is 1.12 bits per heavy atom. The molecule has 0 aliphatic rings. The summed E-state index contributed by atoms with van der Waals surface area (Å²) >= 11 is 0. The molecular formula is C18H16N4O2. The van der Waals surface area contributed by atoms with Gasteiger partial charge in [-0.25, -0.2) is 0 Å². The standard InChI is InChI=1S/C18H16N4O2/c19-15-3-1-2-4-16(15)20-18(24)17-11-13(21-22-17)8-5-12-6-9-14(23)10-7-12/h1-11,23H,19H2,(H,20,24)(H,21,22). The summed E-state index contributed by atoms with van der Waals surface area (Å²) in [5.41, 5.74) is 8.73. The van der Waals surface area contributed by atoms with E-state index in [0.717, 1.165) is 5.56 Å². The van der Waals surface area contributed by atoms with E-state index in [2.05, 4.69) is 15.5 Å². The number of amides is 1. The molecule has 0 bridgehead atoms. The molecule has 1 aromatic heterocycles. The van der Waals surface area contributed by atoms with Gasteiger partial charge in [0.05, 0.1) is 17.1 Å². The molecule has 3 rings (SSSR count). The Morgan fingerprint density at radius 2 is 1.88 bits per heavy atom. The van der Waals surface area contributed by atoms with Crippen LogP contribution in [0.5, 0.6) is 5.75 Å². The highest BCUT2D eigenvalue weighted by Crippen LogP contribution is 2.18. The van der Waals surface area contributed by atoms with Crippen LogP contribution in [0.25, 0.3) is 12.2 Å². The number of benzene rings is 2. The smallest absolute Gasteiger partial charge is 0.273 e. The van der Waals surface area contributed by atoms with Gasteiger partial charge in [-0.2, -0.15) is 5.10 Å². The number of H-pyrrole nitrogens is 1. The molecular weight excluding hydrogens is 304 g/mol. The maximum Gasteiger partial charge on any atom is 0.273 e. The van der Waals surface area contributed by atoms with E-state index in [0.29, 0.717) is 22.8 Å². The third-order valence-electron chi connectivity index (χ3n) is 3.39. The zero-order chi connectivity index (χ0) is 16.9. The normalized spacial score (nSPS) is 10.8. The van der Waals surface area contributed by atoms with Crippen molar-refractivity contribution in [2.75, 3.05) is 11.1 Å². The van der Waals surface area contributed by atoms with Crippen LogP contribution in [-0.2, 0) is 0 Å². The number of phenolic OH excluding ortho intramolecular Hbond substituents is 1. The molecule has 0 saturated carbocycles. The van der Waals surface area contributed by atoms with Crippen LogP contribution in [-0.4, -0.2) is 21.2 Å². The molecule has 6 nitrogen and oxygen atoms in total. The van der Waals surface area contributed by atoms with Gasteiger partial charge in [-0.1, -0.05) is 30.3 Å². The van der Waals surface area contributed by atoms with Crippen LogP contribution in [0.15, 0.2) is 54.6 Å². The van der Waals surface area contributed by atoms with Crippen molar-refractivity contribution in [3.8, 4) is 5.75 Å². The fourth-order valence-electron chi connectivity index (χ4n) is 2.11. The van der Waals surface area contributed by atoms with Gasteiger partial charge < -0.3 is 16.2 Å². The summed E-state index contributed by atoms with van der Waals surface area (Å²) < 4.78 is 0. The van der Waals surface area contributed by atoms with Crippen molar-refractivity contribution in [3.63, 3.8) is 0 Å². The van der Waals surface area contributed by atoms with Gasteiger partial charge in [0.15, 0.2) is 0 Å². The summed E-state index contributed by atoms with van der Waals surface area (Å²) in [5.74, 6) is -0.101. The minimum absolute atomic E-state index is 0.214. The molecule has 1 amide bonds. The highest BCUT2D eigenvalue weighted by Gasteiger charge is 2.10. The first kappa shape index (κ1) is 15.4. The fraction of sp³-hybridized carbons (Fsp3) is 0. The molecule has 0 atom stereocenters. The molecule has 0 radical (unpaired) electrons. The van der Waals surface area contributed by atoms with Gasteiger partial charge in [0.1, 0.15) is 11.4 Å². The number of aromatic amines is 1. The Bertz CT molecular complexity index is 882. The van der Waals surface area contributed by atoms with Crippen LogP contribution < -0.4 is 11.1 Å². The van der Waals surface area contributed by atoms with Crippen molar-refractivity contribution >= 4 is 29.4 Å². The Kier molecular flexibility index (Phi) is 4.29. The second kappa shape index (κ2) is 6.70. The number of nitrogens with two attached hydrogens (primary N) is 1. The molecule has 0 spiro atoms. The van der Waals surface area contributed by atoms with Crippen molar-refractivity contribution in [1.82, 2.24) is 10.2 Å². The minimum Gasteiger partial charge on any atom is -0.508 e. The van der Waals surface area contributed by atoms with Gasteiger partial charge in [0.2, 0.25) is 0 Å². The summed E-state index contributed by atoms with van der Waals surface area (Å²) in [7, 11) is 0. The average Bonchev–Trinajstić information content (AvgIpc) is 3.06. The number of nitrogens with zero attached hydrogens (tertiary/aromatic N) is 1. The van der Waals surface area contributed by atoms with Crippen molar-refractivity contribution in [2.45, 2.75) is 0 Å². The first-order valence-corrected chi connectivity index (χ1v) is 7.30. The number of anilines is 2. The van der Waals surface area contributed by atoms with Gasteiger partial charge in [-0.3, -0.25) is 9.89 Å². The lowest BCUT2D eigenvalue weighted by Gasteiger charge is -2.05. The molecule has 0 saturated heterocycles. The Balaban J connectivity index is 1.70. The first-order chi connectivity index (χ1) is 11.6. The third-order valence-corrected chi connectivity index (χ3v) is 3.39. The summed E-state index contributed by atoms with van der Waals surface area (Å²) in [6.07, 6.45) is 3.61. The van der Waals surface area contributed by atoms with E-state index in [1.165, 1.54) is 0 Å². The quantitative estimate of drug-likeness (QED) is 0.554. The Morgan fingerprint density at radius 3 is 2.62 bits per heavy atom. The van der Waals surface area contributed by atoms with Crippen molar-refractivity contribution in [2.24, 2.45) is 0 Å². The number of phenols is 1. The first-order valence-electron chi connectivity index (χ1n) is 7.30. The van der Waals surface area contributed by atoms with Crippen molar-refractivity contribution in [3.05, 3.63) is 71.5 Å². The average molecular weight is 320 g/mol. The zero-order valence-electron chi connectivity index (χ0n) is 12.7. The van der Waals surface area contributed by atoms with Crippen LogP contribution in [0.2, 0.25) is 0 Å². The maximum absolute atomic E-state index is 12.2. The number of para-hydroxylation sites is 2. The van der Waals surface area contributed by atoms with Crippen LogP contribution in [0, 0.1) is 0 Å². The number of rotatable bonds is 4. The molecule has 1 heterocycles. The van der Waals surface area contributed by atoms with Crippen LogP contribution >= 0.6 is 0 Å². The molecule has 0 aliphatic heterocycles. The summed E-state index contributed by atoms with van der Waals surface area (Å²) in [5, 5.41) is 18.8. The Labute approximate surface area is 138 Å². The van der Waals surface area contributed by atoms with Gasteiger partial charge in [-0.05, 0) is 42.0 Å². The van der Waals surface area contributed by atoms with E-state index in [-0.39, 0.29) is 11.7 Å². The lowest BCUT2D eigenvalue weighted by Crippen LogP contribution is -2.13. The van der Waals surface area contributed by atoms with Gasteiger partial charge in [0, 0.05) is 0 Å². The number of carbonyl (C=O) groups is 1. The second-order valence-corrected chi connectivity index (χ2v) is 5.17. The number of nitrogens with one attached hydrogen (secondary N) is 2. The molecule has 120 valence electrons. The SMILES string of the molecule is Nc1ccccc1NC(=O)c1cc(C=Cc2ccc(O)cc2)n[nH]1. The second-order valence-electron chi connectivity index (χ2n) is 5.17. The number of carbonyl (C=O) groups excluding carboxylic acids is 1. The van der Waals surface area contributed by atoms with Gasteiger partial charge in [0.25, 0.3) is 5.91 Å². The molecule has 6 heteroatoms. The van der Waals surface area contributed by atoms with Crippen LogP contribution in [0.4, 0.5) is 11.4 Å². The Hall–Kier alpha value is -3.54. The topological polar surface area (TPSA) is 104 Å². The monoisotopic (exact) mass is 320 g/mol. The summed E-state index contributed by atoms with van der Waals surface area (Å²) in [6.45, 7) is 0. The molecule has 0 fully saturated rings. The zero-order valence-corrected chi connectivity index (χ0v) is 12.7. The highest BCUT2D eigenvalue weighted by molar-refractivity contribution is 6.04. The number of aromatic nitrogens is 2. The predicted octanol–water partition coefficient (Wildman–Crippen LogP) is 3.12. The van der Waals surface area contributed by atoms with E-state index in [1.807, 2.05) is 6.08 Å². The van der Waals surface area contributed by atoms with E-state index in [9.17, 15) is 9.90 Å². The van der Waals surface area contributed by atoms with Crippen LogP contribution in [0.1, 0.15) is 21.7 Å². The molecule has 24 heavy (non-hydrogen) atoms. The molecule has 0 aliphatic carbocycles. The largest absolute Gasteiger partial charge is 0.508 e. The van der Waals surface area contributed by atoms with E-state index < -0.39 is 0 Å². The minimum atomic E-state index is -0.315. The van der Waals surface area contributed by atoms with Gasteiger partial charge in [-0.15, -0.1) is 0 Å². The lowest BCUT2D eigenvalue weighted by atomic mass is 10.2. The fourth-order valence-corrected chi connectivity index (χ4v) is 2.11. The molecule has 0 unspecified atom stereocenters. The number of aromatic hydroxyl groups is 1. The van der Waals surface area contributed by atoms with E-state index in [4.69, 9.17) is 5.73 Å². The van der Waals surface area contributed by atoms with Crippen LogP contribution in [0.3, 0.4) is 0 Å². The van der Waals surface area contributed by atoms with E-state index in [1.54, 1.807) is 60.7 Å². The van der Waals surface area contributed by atoms with E-state index >= 15 is 0 Å². The third kappa shape index (κ3) is 3.61. The lowest BCUT2D eigenvalue weighted by molar-refractivity contribution is 0.102. The highest BCUT2D eigenvalue weighted by atomic mass is 16.3. The molecule has 5 N–H and O–H groups in total. The summed E-state index contributed by atoms with van der Waals surface area (Å²) in [6, 6.07) is 15.5. The molecule has 2 aromatic carbocycles. The van der Waals surface area contributed by atoms with Crippen molar-refractivity contribution < 1.29 is 9.90 Å². The van der Waals surface area contributed by atoms with Gasteiger partial charge >= 0.3 is 0 Å². The molecule has 3 aromatic rings. The number of nitrogen functional groups attached to an aromatic ring is 1. The number of hydrogen-bond acceptors (Lipinski definition) is 4. The maximum atomic E-state index is 12.2. The predicted molar refractivity (Wildman–Crippen MR) is 94.4 cm³/mol.